The van der Waals surface area contributed by atoms with Crippen LogP contribution < -0.4 is 5.32 Å². The molecule has 1 aliphatic rings. The van der Waals surface area contributed by atoms with Gasteiger partial charge in [-0.1, -0.05) is 26.7 Å². The molecule has 0 aliphatic carbocycles. The lowest BCUT2D eigenvalue weighted by molar-refractivity contribution is 0.296. The summed E-state index contributed by atoms with van der Waals surface area (Å²) in [6, 6.07) is 0. The Balaban J connectivity index is 1.95. The number of nitrogens with one attached hydrogen (secondary N) is 1. The molecule has 90 valence electrons. The highest BCUT2D eigenvalue weighted by Crippen LogP contribution is 2.08. The van der Waals surface area contributed by atoms with Crippen LogP contribution in [0.15, 0.2) is 0 Å². The highest BCUT2D eigenvalue weighted by atomic mass is 32.2. The van der Waals surface area contributed by atoms with Crippen molar-refractivity contribution < 1.29 is 0 Å². The van der Waals surface area contributed by atoms with Gasteiger partial charge < -0.3 is 10.2 Å². The topological polar surface area (TPSA) is 15.3 Å². The molecule has 0 saturated carbocycles. The van der Waals surface area contributed by atoms with Gasteiger partial charge in [0.15, 0.2) is 0 Å². The van der Waals surface area contributed by atoms with Gasteiger partial charge in [0.1, 0.15) is 0 Å². The third kappa shape index (κ3) is 5.79. The Bertz CT molecular complexity index is 143. The molecule has 15 heavy (non-hydrogen) atoms. The molecule has 0 aromatic rings. The molecule has 2 nitrogen and oxygen atoms in total. The standard InChI is InChI=1S/C12H26N2S/c1-3-12(4-2)11-13-5-6-14-7-9-15-10-8-14/h12-13H,3-11H2,1-2H3. The van der Waals surface area contributed by atoms with E-state index in [1.54, 1.807) is 0 Å². The molecule has 0 aromatic heterocycles. The van der Waals surface area contributed by atoms with Crippen molar-refractivity contribution >= 4 is 11.8 Å². The van der Waals surface area contributed by atoms with Crippen molar-refractivity contribution in [2.75, 3.05) is 44.2 Å². The van der Waals surface area contributed by atoms with Crippen LogP contribution in [0.1, 0.15) is 26.7 Å². The monoisotopic (exact) mass is 230 g/mol. The summed E-state index contributed by atoms with van der Waals surface area (Å²) in [5.74, 6) is 3.53. The van der Waals surface area contributed by atoms with Crippen molar-refractivity contribution in [3.8, 4) is 0 Å². The number of rotatable bonds is 7. The van der Waals surface area contributed by atoms with Gasteiger partial charge in [0.05, 0.1) is 0 Å². The van der Waals surface area contributed by atoms with Gasteiger partial charge in [0, 0.05) is 37.7 Å². The van der Waals surface area contributed by atoms with Crippen molar-refractivity contribution in [3.05, 3.63) is 0 Å². The smallest absolute Gasteiger partial charge is 0.0107 e. The Labute approximate surface area is 99.2 Å². The first-order chi connectivity index (χ1) is 7.36. The molecule has 1 fully saturated rings. The van der Waals surface area contributed by atoms with Crippen LogP contribution in [0.5, 0.6) is 0 Å². The zero-order valence-electron chi connectivity index (χ0n) is 10.3. The van der Waals surface area contributed by atoms with Crippen LogP contribution in [0.3, 0.4) is 0 Å². The molecule has 1 N–H and O–H groups in total. The second-order valence-corrected chi connectivity index (χ2v) is 5.57. The summed E-state index contributed by atoms with van der Waals surface area (Å²) >= 11 is 2.09. The molecule has 1 heterocycles. The normalized spacial score (nSPS) is 18.6. The maximum absolute atomic E-state index is 3.59. The van der Waals surface area contributed by atoms with Crippen LogP contribution in [-0.2, 0) is 0 Å². The number of thioether (sulfide) groups is 1. The average molecular weight is 230 g/mol. The van der Waals surface area contributed by atoms with Crippen LogP contribution in [-0.4, -0.2) is 49.1 Å². The van der Waals surface area contributed by atoms with E-state index in [9.17, 15) is 0 Å². The van der Waals surface area contributed by atoms with E-state index in [4.69, 9.17) is 0 Å². The van der Waals surface area contributed by atoms with Crippen LogP contribution >= 0.6 is 11.8 Å². The summed E-state index contributed by atoms with van der Waals surface area (Å²) in [5.41, 5.74) is 0. The number of hydrogen-bond acceptors (Lipinski definition) is 3. The molecule has 0 aromatic carbocycles. The summed E-state index contributed by atoms with van der Waals surface area (Å²) in [7, 11) is 0. The van der Waals surface area contributed by atoms with Gasteiger partial charge in [0.2, 0.25) is 0 Å². The molecule has 0 bridgehead atoms. The highest BCUT2D eigenvalue weighted by molar-refractivity contribution is 7.99. The molecule has 0 amide bonds. The summed E-state index contributed by atoms with van der Waals surface area (Å²) in [6.07, 6.45) is 2.62. The first kappa shape index (κ1) is 13.3. The lowest BCUT2D eigenvalue weighted by Crippen LogP contribution is -2.38. The number of nitrogens with zero attached hydrogens (tertiary/aromatic N) is 1. The third-order valence-corrected chi connectivity index (χ3v) is 4.24. The van der Waals surface area contributed by atoms with Gasteiger partial charge in [-0.25, -0.2) is 0 Å². The van der Waals surface area contributed by atoms with E-state index in [0.717, 1.165) is 5.92 Å². The molecule has 1 aliphatic heterocycles. The molecular weight excluding hydrogens is 204 g/mol. The Morgan fingerprint density at radius 1 is 1.20 bits per heavy atom. The summed E-state index contributed by atoms with van der Waals surface area (Å²) < 4.78 is 0. The summed E-state index contributed by atoms with van der Waals surface area (Å²) in [4.78, 5) is 2.58. The van der Waals surface area contributed by atoms with E-state index >= 15 is 0 Å². The van der Waals surface area contributed by atoms with Gasteiger partial charge in [-0.2, -0.15) is 11.8 Å². The predicted octanol–water partition coefficient (Wildman–Crippen LogP) is 2.06. The lowest BCUT2D eigenvalue weighted by Gasteiger charge is -2.26. The average Bonchev–Trinajstić information content (AvgIpc) is 2.31. The lowest BCUT2D eigenvalue weighted by atomic mass is 10.0. The van der Waals surface area contributed by atoms with Crippen molar-refractivity contribution in [3.63, 3.8) is 0 Å². The Hall–Kier alpha value is 0.270. The van der Waals surface area contributed by atoms with Crippen LogP contribution in [0, 0.1) is 5.92 Å². The first-order valence-electron chi connectivity index (χ1n) is 6.37. The van der Waals surface area contributed by atoms with Gasteiger partial charge >= 0.3 is 0 Å². The fraction of sp³-hybridized carbons (Fsp3) is 1.00. The molecule has 0 unspecified atom stereocenters. The first-order valence-corrected chi connectivity index (χ1v) is 7.53. The molecule has 0 radical (unpaired) electrons. The van der Waals surface area contributed by atoms with E-state index in [1.165, 1.54) is 57.1 Å². The molecule has 0 atom stereocenters. The van der Waals surface area contributed by atoms with Crippen molar-refractivity contribution in [1.29, 1.82) is 0 Å². The minimum atomic E-state index is 0.877. The molecule has 3 heteroatoms. The van der Waals surface area contributed by atoms with Gasteiger partial charge in [-0.05, 0) is 12.5 Å². The molecule has 0 spiro atoms. The highest BCUT2D eigenvalue weighted by Gasteiger charge is 2.09. The van der Waals surface area contributed by atoms with Crippen LogP contribution in [0.25, 0.3) is 0 Å². The fourth-order valence-electron chi connectivity index (χ4n) is 1.95. The SMILES string of the molecule is CCC(CC)CNCCN1CCSCC1. The Morgan fingerprint density at radius 3 is 2.47 bits per heavy atom. The summed E-state index contributed by atoms with van der Waals surface area (Å²) in [5, 5.41) is 3.59. The second kappa shape index (κ2) is 8.43. The van der Waals surface area contributed by atoms with Gasteiger partial charge in [0.25, 0.3) is 0 Å². The third-order valence-electron chi connectivity index (χ3n) is 3.30. The minimum absolute atomic E-state index is 0.877. The van der Waals surface area contributed by atoms with E-state index < -0.39 is 0 Å². The van der Waals surface area contributed by atoms with Gasteiger partial charge in [-0.3, -0.25) is 0 Å². The zero-order valence-corrected chi connectivity index (χ0v) is 11.1. The van der Waals surface area contributed by atoms with Crippen LogP contribution in [0.4, 0.5) is 0 Å². The maximum atomic E-state index is 3.59. The van der Waals surface area contributed by atoms with Crippen molar-refractivity contribution in [1.82, 2.24) is 10.2 Å². The largest absolute Gasteiger partial charge is 0.315 e. The van der Waals surface area contributed by atoms with E-state index in [-0.39, 0.29) is 0 Å². The maximum Gasteiger partial charge on any atom is 0.0107 e. The minimum Gasteiger partial charge on any atom is -0.315 e. The summed E-state index contributed by atoms with van der Waals surface area (Å²) in [6.45, 7) is 10.8. The fourth-order valence-corrected chi connectivity index (χ4v) is 2.92. The van der Waals surface area contributed by atoms with E-state index in [2.05, 4.69) is 35.8 Å². The number of hydrogen-bond donors (Lipinski definition) is 1. The Kier molecular flexibility index (Phi) is 7.49. The Morgan fingerprint density at radius 2 is 1.87 bits per heavy atom. The molecule has 1 saturated heterocycles. The van der Waals surface area contributed by atoms with E-state index in [1.807, 2.05) is 0 Å². The van der Waals surface area contributed by atoms with E-state index in [0.29, 0.717) is 0 Å². The predicted molar refractivity (Wildman–Crippen MR) is 70.7 cm³/mol. The van der Waals surface area contributed by atoms with Crippen molar-refractivity contribution in [2.24, 2.45) is 5.92 Å². The molecule has 1 rings (SSSR count). The zero-order chi connectivity index (χ0) is 10.9. The second-order valence-electron chi connectivity index (χ2n) is 4.34. The quantitative estimate of drug-likeness (QED) is 0.674. The van der Waals surface area contributed by atoms with Gasteiger partial charge in [-0.15, -0.1) is 0 Å². The van der Waals surface area contributed by atoms with Crippen molar-refractivity contribution in [2.45, 2.75) is 26.7 Å². The van der Waals surface area contributed by atoms with Crippen LogP contribution in [0.2, 0.25) is 0 Å². The molecular formula is C12H26N2S.